The average molecular weight is 364 g/mol. The Morgan fingerprint density at radius 3 is 2.56 bits per heavy atom. The molecule has 3 rings (SSSR count). The largest absolute Gasteiger partial charge is 0.363 e. The minimum atomic E-state index is 0. The van der Waals surface area contributed by atoms with Crippen molar-refractivity contribution in [3.8, 4) is 0 Å². The van der Waals surface area contributed by atoms with Gasteiger partial charge < -0.3 is 15.1 Å². The van der Waals surface area contributed by atoms with Crippen LogP contribution in [0.1, 0.15) is 0 Å². The van der Waals surface area contributed by atoms with E-state index in [1.807, 2.05) is 49.3 Å². The molecule has 0 saturated carbocycles. The SMILES string of the molecule is CN1CCN(CC(=O)Nc2cc(N(C)C)nc3ccccc23)CC1.Cl. The second kappa shape index (κ2) is 8.47. The Balaban J connectivity index is 0.00000225. The summed E-state index contributed by atoms with van der Waals surface area (Å²) in [6.07, 6.45) is 0. The Labute approximate surface area is 155 Å². The molecule has 7 heteroatoms. The van der Waals surface area contributed by atoms with Crippen molar-refractivity contribution in [1.29, 1.82) is 0 Å². The van der Waals surface area contributed by atoms with Crippen molar-refractivity contribution in [1.82, 2.24) is 14.8 Å². The van der Waals surface area contributed by atoms with Gasteiger partial charge >= 0.3 is 0 Å². The third kappa shape index (κ3) is 4.81. The first kappa shape index (κ1) is 19.4. The molecule has 1 N–H and O–H groups in total. The number of amides is 1. The minimum absolute atomic E-state index is 0. The summed E-state index contributed by atoms with van der Waals surface area (Å²) in [6, 6.07) is 9.83. The molecular formula is C18H26ClN5O. The molecule has 0 radical (unpaired) electrons. The molecule has 2 aromatic rings. The Hall–Kier alpha value is -1.89. The summed E-state index contributed by atoms with van der Waals surface area (Å²) < 4.78 is 0. The van der Waals surface area contributed by atoms with Crippen LogP contribution in [0.3, 0.4) is 0 Å². The second-order valence-corrected chi connectivity index (χ2v) is 6.57. The molecule has 1 aliphatic heterocycles. The van der Waals surface area contributed by atoms with E-state index in [4.69, 9.17) is 0 Å². The van der Waals surface area contributed by atoms with Gasteiger partial charge in [-0.05, 0) is 13.1 Å². The smallest absolute Gasteiger partial charge is 0.238 e. The van der Waals surface area contributed by atoms with Crippen molar-refractivity contribution in [2.24, 2.45) is 0 Å². The quantitative estimate of drug-likeness (QED) is 0.899. The predicted octanol–water partition coefficient (Wildman–Crippen LogP) is 1.91. The lowest BCUT2D eigenvalue weighted by Crippen LogP contribution is -2.47. The van der Waals surface area contributed by atoms with Gasteiger partial charge in [-0.3, -0.25) is 9.69 Å². The molecule has 25 heavy (non-hydrogen) atoms. The summed E-state index contributed by atoms with van der Waals surface area (Å²) >= 11 is 0. The van der Waals surface area contributed by atoms with Crippen LogP contribution in [0.2, 0.25) is 0 Å². The van der Waals surface area contributed by atoms with Gasteiger partial charge in [0.1, 0.15) is 5.82 Å². The molecule has 6 nitrogen and oxygen atoms in total. The van der Waals surface area contributed by atoms with Gasteiger partial charge in [-0.2, -0.15) is 0 Å². The second-order valence-electron chi connectivity index (χ2n) is 6.57. The first-order valence-corrected chi connectivity index (χ1v) is 8.31. The predicted molar refractivity (Wildman–Crippen MR) is 106 cm³/mol. The van der Waals surface area contributed by atoms with E-state index in [0.29, 0.717) is 6.54 Å². The Bertz CT molecular complexity index is 728. The summed E-state index contributed by atoms with van der Waals surface area (Å²) in [5, 5.41) is 4.05. The molecule has 0 unspecified atom stereocenters. The standard InChI is InChI=1S/C18H25N5O.ClH/c1-21(2)17-12-16(14-6-4-5-7-15(14)19-17)20-18(24)13-23-10-8-22(3)9-11-23;/h4-7,12H,8-11,13H2,1-3H3,(H,19,20,24);1H. The van der Waals surface area contributed by atoms with Crippen molar-refractivity contribution < 1.29 is 4.79 Å². The Morgan fingerprint density at radius 2 is 1.88 bits per heavy atom. The first-order valence-electron chi connectivity index (χ1n) is 8.31. The van der Waals surface area contributed by atoms with Gasteiger partial charge in [-0.25, -0.2) is 4.98 Å². The van der Waals surface area contributed by atoms with Crippen molar-refractivity contribution in [3.63, 3.8) is 0 Å². The Kier molecular flexibility index (Phi) is 6.58. The number of fused-ring (bicyclic) bond motifs is 1. The van der Waals surface area contributed by atoms with Crippen LogP contribution in [0.15, 0.2) is 30.3 Å². The summed E-state index contributed by atoms with van der Waals surface area (Å²) in [5.41, 5.74) is 1.71. The number of benzene rings is 1. The number of hydrogen-bond acceptors (Lipinski definition) is 5. The molecule has 1 amide bonds. The zero-order valence-electron chi connectivity index (χ0n) is 15.0. The third-order valence-corrected chi connectivity index (χ3v) is 4.40. The third-order valence-electron chi connectivity index (χ3n) is 4.40. The van der Waals surface area contributed by atoms with Gasteiger partial charge in [-0.1, -0.05) is 18.2 Å². The van der Waals surface area contributed by atoms with E-state index in [2.05, 4.69) is 27.1 Å². The van der Waals surface area contributed by atoms with Gasteiger partial charge in [0.15, 0.2) is 0 Å². The lowest BCUT2D eigenvalue weighted by atomic mass is 10.1. The van der Waals surface area contributed by atoms with Crippen LogP contribution < -0.4 is 10.2 Å². The fourth-order valence-corrected chi connectivity index (χ4v) is 2.89. The molecule has 0 bridgehead atoms. The topological polar surface area (TPSA) is 51.7 Å². The number of para-hydroxylation sites is 1. The van der Waals surface area contributed by atoms with Crippen LogP contribution in [0.5, 0.6) is 0 Å². The molecule has 1 aromatic carbocycles. The Morgan fingerprint density at radius 1 is 1.20 bits per heavy atom. The highest BCUT2D eigenvalue weighted by molar-refractivity contribution is 6.02. The number of piperazine rings is 1. The number of anilines is 2. The maximum Gasteiger partial charge on any atom is 0.238 e. The lowest BCUT2D eigenvalue weighted by Gasteiger charge is -2.31. The van der Waals surface area contributed by atoms with Gasteiger partial charge in [0.2, 0.25) is 5.91 Å². The summed E-state index contributed by atoms with van der Waals surface area (Å²) in [6.45, 7) is 4.32. The number of carbonyl (C=O) groups excluding carboxylic acids is 1. The number of carbonyl (C=O) groups is 1. The van der Waals surface area contributed by atoms with Crippen molar-refractivity contribution >= 4 is 40.7 Å². The van der Waals surface area contributed by atoms with Gasteiger partial charge in [-0.15, -0.1) is 12.4 Å². The fourth-order valence-electron chi connectivity index (χ4n) is 2.89. The maximum absolute atomic E-state index is 12.5. The van der Waals surface area contributed by atoms with Crippen molar-refractivity contribution in [2.45, 2.75) is 0 Å². The normalized spacial score (nSPS) is 15.6. The highest BCUT2D eigenvalue weighted by atomic mass is 35.5. The van der Waals surface area contributed by atoms with E-state index < -0.39 is 0 Å². The van der Waals surface area contributed by atoms with Crippen LogP contribution in [0.25, 0.3) is 10.9 Å². The average Bonchev–Trinajstić information content (AvgIpc) is 2.56. The fraction of sp³-hybridized carbons (Fsp3) is 0.444. The van der Waals surface area contributed by atoms with Crippen molar-refractivity contribution in [2.75, 3.05) is 64.1 Å². The summed E-state index contributed by atoms with van der Waals surface area (Å²) in [5.74, 6) is 0.865. The van der Waals surface area contributed by atoms with E-state index in [0.717, 1.165) is 48.6 Å². The molecule has 1 aliphatic rings. The van der Waals surface area contributed by atoms with E-state index in [-0.39, 0.29) is 18.3 Å². The molecule has 2 heterocycles. The molecule has 1 fully saturated rings. The van der Waals surface area contributed by atoms with Crippen LogP contribution in [-0.4, -0.2) is 74.6 Å². The van der Waals surface area contributed by atoms with E-state index in [1.165, 1.54) is 0 Å². The number of pyridine rings is 1. The number of likely N-dealkylation sites (N-methyl/N-ethyl adjacent to an activating group) is 1. The van der Waals surface area contributed by atoms with Gasteiger partial charge in [0, 0.05) is 51.7 Å². The highest BCUT2D eigenvalue weighted by Gasteiger charge is 2.17. The molecule has 0 atom stereocenters. The number of hydrogen-bond donors (Lipinski definition) is 1. The number of nitrogens with zero attached hydrogens (tertiary/aromatic N) is 4. The molecular weight excluding hydrogens is 338 g/mol. The zero-order chi connectivity index (χ0) is 17.1. The zero-order valence-corrected chi connectivity index (χ0v) is 15.8. The monoisotopic (exact) mass is 363 g/mol. The van der Waals surface area contributed by atoms with Crippen LogP contribution in [0, 0.1) is 0 Å². The van der Waals surface area contributed by atoms with Crippen LogP contribution in [0.4, 0.5) is 11.5 Å². The van der Waals surface area contributed by atoms with Gasteiger partial charge in [0.05, 0.1) is 17.7 Å². The van der Waals surface area contributed by atoms with E-state index >= 15 is 0 Å². The highest BCUT2D eigenvalue weighted by Crippen LogP contribution is 2.26. The number of rotatable bonds is 4. The first-order chi connectivity index (χ1) is 11.5. The molecule has 136 valence electrons. The molecule has 0 aliphatic carbocycles. The van der Waals surface area contributed by atoms with E-state index in [1.54, 1.807) is 0 Å². The van der Waals surface area contributed by atoms with E-state index in [9.17, 15) is 4.79 Å². The number of halogens is 1. The van der Waals surface area contributed by atoms with Crippen molar-refractivity contribution in [3.05, 3.63) is 30.3 Å². The molecule has 1 saturated heterocycles. The number of aromatic nitrogens is 1. The van der Waals surface area contributed by atoms with Gasteiger partial charge in [0.25, 0.3) is 0 Å². The van der Waals surface area contributed by atoms with Crippen LogP contribution in [-0.2, 0) is 4.79 Å². The summed E-state index contributed by atoms with van der Waals surface area (Å²) in [4.78, 5) is 23.5. The maximum atomic E-state index is 12.5. The van der Waals surface area contributed by atoms with Crippen LogP contribution >= 0.6 is 12.4 Å². The lowest BCUT2D eigenvalue weighted by molar-refractivity contribution is -0.117. The molecule has 1 aromatic heterocycles. The number of nitrogens with one attached hydrogen (secondary N) is 1. The minimum Gasteiger partial charge on any atom is -0.363 e. The molecule has 0 spiro atoms. The summed E-state index contributed by atoms with van der Waals surface area (Å²) in [7, 11) is 6.02.